The topological polar surface area (TPSA) is 0 Å². The van der Waals surface area contributed by atoms with Gasteiger partial charge in [-0.25, -0.2) is 0 Å². The molecule has 2 aliphatic carbocycles. The predicted molar refractivity (Wildman–Crippen MR) is 128 cm³/mol. The first-order valence-electron chi connectivity index (χ1n) is 11.1. The van der Waals surface area contributed by atoms with Gasteiger partial charge in [-0.05, 0) is 47.1 Å². The summed E-state index contributed by atoms with van der Waals surface area (Å²) in [6, 6.07) is 29.3. The molecule has 148 valence electrons. The summed E-state index contributed by atoms with van der Waals surface area (Å²) in [6.07, 6.45) is 14.6. The van der Waals surface area contributed by atoms with Gasteiger partial charge in [0.25, 0.3) is 0 Å². The third-order valence-electron chi connectivity index (χ3n) is 7.00. The molecule has 0 aromatic heterocycles. The monoisotopic (exact) mass is 388 g/mol. The molecule has 0 spiro atoms. The maximum Gasteiger partial charge on any atom is 0.0207 e. The van der Waals surface area contributed by atoms with Crippen molar-refractivity contribution in [1.29, 1.82) is 0 Å². The zero-order chi connectivity index (χ0) is 20.4. The average Bonchev–Trinajstić information content (AvgIpc) is 3.45. The van der Waals surface area contributed by atoms with Gasteiger partial charge in [-0.2, -0.15) is 0 Å². The second kappa shape index (κ2) is 7.95. The van der Waals surface area contributed by atoms with Crippen molar-refractivity contribution in [3.63, 3.8) is 0 Å². The molecule has 0 radical (unpaired) electrons. The largest absolute Gasteiger partial charge is 0.103 e. The Hall–Kier alpha value is -3.12. The van der Waals surface area contributed by atoms with Crippen LogP contribution in [-0.4, -0.2) is 0 Å². The second-order valence-corrected chi connectivity index (χ2v) is 8.49. The maximum absolute atomic E-state index is 3.99. The minimum atomic E-state index is -0.0313. The molecule has 0 amide bonds. The molecule has 0 N–H and O–H groups in total. The van der Waals surface area contributed by atoms with Crippen LogP contribution in [0.4, 0.5) is 0 Å². The van der Waals surface area contributed by atoms with Crippen molar-refractivity contribution in [3.05, 3.63) is 133 Å². The Morgan fingerprint density at radius 3 is 1.90 bits per heavy atom. The van der Waals surface area contributed by atoms with Crippen LogP contribution < -0.4 is 0 Å². The van der Waals surface area contributed by atoms with Gasteiger partial charge in [0.1, 0.15) is 0 Å². The normalized spacial score (nSPS) is 16.9. The SMILES string of the molecule is C=CCCCC(c1ccccc1)(C1C=CC=C1)C1c2ccccc2-c2ccccc21. The smallest absolute Gasteiger partial charge is 0.0207 e. The molecule has 0 heterocycles. The highest BCUT2D eigenvalue weighted by Gasteiger charge is 2.49. The summed E-state index contributed by atoms with van der Waals surface area (Å²) in [5.41, 5.74) is 7.13. The summed E-state index contributed by atoms with van der Waals surface area (Å²) in [6.45, 7) is 3.99. The summed E-state index contributed by atoms with van der Waals surface area (Å²) in [7, 11) is 0. The van der Waals surface area contributed by atoms with Crippen molar-refractivity contribution in [1.82, 2.24) is 0 Å². The van der Waals surface area contributed by atoms with Crippen LogP contribution in [0.15, 0.2) is 116 Å². The number of hydrogen-bond acceptors (Lipinski definition) is 0. The van der Waals surface area contributed by atoms with Gasteiger partial charge in [0.2, 0.25) is 0 Å². The fraction of sp³-hybridized carbons (Fsp3) is 0.200. The molecular formula is C30H28. The van der Waals surface area contributed by atoms with Gasteiger partial charge in [0.15, 0.2) is 0 Å². The van der Waals surface area contributed by atoms with Crippen LogP contribution in [0.5, 0.6) is 0 Å². The standard InChI is InChI=1S/C30H28/c1-2-3-13-22-30(24-16-7-8-17-24,23-14-5-4-6-15-23)29-27-20-11-9-18-25(27)26-19-10-12-21-28(26)29/h2,4-12,14-21,24,29H,1,3,13,22H2. The fourth-order valence-electron chi connectivity index (χ4n) is 5.78. The number of fused-ring (bicyclic) bond motifs is 3. The van der Waals surface area contributed by atoms with E-state index in [-0.39, 0.29) is 5.41 Å². The number of benzene rings is 3. The predicted octanol–water partition coefficient (Wildman–Crippen LogP) is 7.84. The van der Waals surface area contributed by atoms with Gasteiger partial charge in [0, 0.05) is 17.3 Å². The molecule has 30 heavy (non-hydrogen) atoms. The Morgan fingerprint density at radius 2 is 1.30 bits per heavy atom. The van der Waals surface area contributed by atoms with Gasteiger partial charge < -0.3 is 0 Å². The van der Waals surface area contributed by atoms with E-state index in [1.807, 2.05) is 0 Å². The van der Waals surface area contributed by atoms with Crippen LogP contribution in [0, 0.1) is 5.92 Å². The lowest BCUT2D eigenvalue weighted by Crippen LogP contribution is -2.39. The summed E-state index contributed by atoms with van der Waals surface area (Å²) in [5, 5.41) is 0. The van der Waals surface area contributed by atoms with E-state index in [0.717, 1.165) is 19.3 Å². The molecule has 0 aliphatic heterocycles. The second-order valence-electron chi connectivity index (χ2n) is 8.49. The Balaban J connectivity index is 1.79. The lowest BCUT2D eigenvalue weighted by atomic mass is 9.58. The first kappa shape index (κ1) is 18.9. The molecule has 3 aromatic rings. The van der Waals surface area contributed by atoms with E-state index in [0.29, 0.717) is 11.8 Å². The highest BCUT2D eigenvalue weighted by Crippen LogP contribution is 2.59. The molecule has 0 saturated carbocycles. The van der Waals surface area contributed by atoms with E-state index in [1.165, 1.54) is 27.8 Å². The third kappa shape index (κ3) is 2.91. The molecule has 3 aromatic carbocycles. The Labute approximate surface area is 180 Å². The van der Waals surface area contributed by atoms with Crippen LogP contribution in [0.1, 0.15) is 41.9 Å². The minimum Gasteiger partial charge on any atom is -0.103 e. The van der Waals surface area contributed by atoms with Gasteiger partial charge in [-0.3, -0.25) is 0 Å². The summed E-state index contributed by atoms with van der Waals surface area (Å²) >= 11 is 0. The first-order valence-corrected chi connectivity index (χ1v) is 11.1. The molecule has 1 unspecified atom stereocenters. The quantitative estimate of drug-likeness (QED) is 0.286. The van der Waals surface area contributed by atoms with Crippen LogP contribution in [-0.2, 0) is 5.41 Å². The van der Waals surface area contributed by atoms with Crippen molar-refractivity contribution in [2.75, 3.05) is 0 Å². The van der Waals surface area contributed by atoms with E-state index in [2.05, 4.69) is 116 Å². The zero-order valence-electron chi connectivity index (χ0n) is 17.4. The molecule has 0 nitrogen and oxygen atoms in total. The van der Waals surface area contributed by atoms with Crippen molar-refractivity contribution in [2.45, 2.75) is 30.6 Å². The van der Waals surface area contributed by atoms with E-state index in [1.54, 1.807) is 0 Å². The van der Waals surface area contributed by atoms with E-state index in [4.69, 9.17) is 0 Å². The molecule has 0 bridgehead atoms. The fourth-order valence-corrected chi connectivity index (χ4v) is 5.78. The number of unbranched alkanes of at least 4 members (excludes halogenated alkanes) is 1. The van der Waals surface area contributed by atoms with E-state index < -0.39 is 0 Å². The van der Waals surface area contributed by atoms with E-state index in [9.17, 15) is 0 Å². The van der Waals surface area contributed by atoms with Crippen molar-refractivity contribution < 1.29 is 0 Å². The molecule has 1 atom stereocenters. The lowest BCUT2D eigenvalue weighted by molar-refractivity contribution is 0.293. The molecule has 0 heteroatoms. The molecule has 2 aliphatic rings. The minimum absolute atomic E-state index is 0.0313. The lowest BCUT2D eigenvalue weighted by Gasteiger charge is -2.45. The zero-order valence-corrected chi connectivity index (χ0v) is 17.4. The summed E-state index contributed by atoms with van der Waals surface area (Å²) < 4.78 is 0. The molecular weight excluding hydrogens is 360 g/mol. The van der Waals surface area contributed by atoms with Gasteiger partial charge in [0.05, 0.1) is 0 Å². The first-order chi connectivity index (χ1) is 14.9. The van der Waals surface area contributed by atoms with Crippen LogP contribution in [0.3, 0.4) is 0 Å². The number of allylic oxidation sites excluding steroid dienone is 5. The van der Waals surface area contributed by atoms with Crippen molar-refractivity contribution in [3.8, 4) is 11.1 Å². The van der Waals surface area contributed by atoms with E-state index >= 15 is 0 Å². The van der Waals surface area contributed by atoms with Crippen LogP contribution >= 0.6 is 0 Å². The highest BCUT2D eigenvalue weighted by molar-refractivity contribution is 5.80. The number of hydrogen-bond donors (Lipinski definition) is 0. The van der Waals surface area contributed by atoms with Gasteiger partial charge in [-0.15, -0.1) is 6.58 Å². The molecule has 5 rings (SSSR count). The Morgan fingerprint density at radius 1 is 0.733 bits per heavy atom. The third-order valence-corrected chi connectivity index (χ3v) is 7.00. The van der Waals surface area contributed by atoms with Gasteiger partial charge >= 0.3 is 0 Å². The van der Waals surface area contributed by atoms with Crippen molar-refractivity contribution in [2.24, 2.45) is 5.92 Å². The maximum atomic E-state index is 3.99. The van der Waals surface area contributed by atoms with Gasteiger partial charge in [-0.1, -0.05) is 109 Å². The molecule has 0 saturated heterocycles. The Kier molecular flexibility index (Phi) is 5.01. The highest BCUT2D eigenvalue weighted by atomic mass is 14.5. The Bertz CT molecular complexity index is 1040. The van der Waals surface area contributed by atoms with Crippen molar-refractivity contribution >= 4 is 0 Å². The number of rotatable bonds is 7. The van der Waals surface area contributed by atoms with Crippen LogP contribution in [0.25, 0.3) is 11.1 Å². The average molecular weight is 389 g/mol. The summed E-state index contributed by atoms with van der Waals surface area (Å²) in [5.74, 6) is 0.698. The molecule has 0 fully saturated rings. The van der Waals surface area contributed by atoms with Crippen LogP contribution in [0.2, 0.25) is 0 Å². The summed E-state index contributed by atoms with van der Waals surface area (Å²) in [4.78, 5) is 0.